The largest absolute Gasteiger partial charge is 0.342 e. The van der Waals surface area contributed by atoms with E-state index in [4.69, 9.17) is 5.73 Å². The van der Waals surface area contributed by atoms with Gasteiger partial charge in [-0.3, -0.25) is 14.9 Å². The Kier molecular flexibility index (Phi) is 4.11. The van der Waals surface area contributed by atoms with Gasteiger partial charge >= 0.3 is 0 Å². The number of hydrogen-bond donors (Lipinski definition) is 1. The zero-order chi connectivity index (χ0) is 13.8. The number of piperidine rings is 1. The van der Waals surface area contributed by atoms with E-state index < -0.39 is 4.92 Å². The number of rotatable bonds is 3. The van der Waals surface area contributed by atoms with Crippen LogP contribution in [0.25, 0.3) is 0 Å². The molecule has 19 heavy (non-hydrogen) atoms. The number of likely N-dealkylation sites (tertiary alicyclic amines) is 1. The molecule has 0 bridgehead atoms. The second kappa shape index (κ2) is 5.79. The minimum absolute atomic E-state index is 0.0418. The Hall–Kier alpha value is -1.95. The van der Waals surface area contributed by atoms with Gasteiger partial charge in [-0.05, 0) is 18.4 Å². The predicted octanol–water partition coefficient (Wildman–Crippen LogP) is 1.09. The van der Waals surface area contributed by atoms with Crippen molar-refractivity contribution in [3.05, 3.63) is 39.9 Å². The summed E-state index contributed by atoms with van der Waals surface area (Å²) in [7, 11) is 0. The molecular weight excluding hydrogens is 246 g/mol. The fraction of sp³-hybridized carbons (Fsp3) is 0.462. The maximum absolute atomic E-state index is 12.0. The molecule has 6 heteroatoms. The molecule has 1 heterocycles. The van der Waals surface area contributed by atoms with Crippen LogP contribution in [0.4, 0.5) is 5.69 Å². The van der Waals surface area contributed by atoms with Crippen molar-refractivity contribution in [3.8, 4) is 0 Å². The molecule has 0 radical (unpaired) electrons. The lowest BCUT2D eigenvalue weighted by Gasteiger charge is -2.30. The molecule has 2 rings (SSSR count). The number of non-ortho nitro benzene ring substituents is 1. The van der Waals surface area contributed by atoms with Crippen molar-refractivity contribution in [1.29, 1.82) is 0 Å². The minimum Gasteiger partial charge on any atom is -0.342 e. The zero-order valence-electron chi connectivity index (χ0n) is 10.6. The van der Waals surface area contributed by atoms with Crippen LogP contribution in [0.3, 0.4) is 0 Å². The minimum atomic E-state index is -0.447. The van der Waals surface area contributed by atoms with Crippen LogP contribution in [0.2, 0.25) is 0 Å². The number of nitro groups is 1. The topological polar surface area (TPSA) is 89.5 Å². The van der Waals surface area contributed by atoms with Gasteiger partial charge in [-0.1, -0.05) is 12.1 Å². The average molecular weight is 263 g/mol. The van der Waals surface area contributed by atoms with Crippen LogP contribution in [0, 0.1) is 10.1 Å². The van der Waals surface area contributed by atoms with Crippen molar-refractivity contribution < 1.29 is 9.72 Å². The van der Waals surface area contributed by atoms with E-state index in [1.54, 1.807) is 12.1 Å². The average Bonchev–Trinajstić information content (AvgIpc) is 2.40. The Labute approximate surface area is 111 Å². The quantitative estimate of drug-likeness (QED) is 0.653. The number of hydrogen-bond acceptors (Lipinski definition) is 4. The molecular formula is C13H17N3O3. The number of benzene rings is 1. The summed E-state index contributed by atoms with van der Waals surface area (Å²) >= 11 is 0. The molecule has 1 aromatic rings. The van der Waals surface area contributed by atoms with E-state index in [-0.39, 0.29) is 24.1 Å². The highest BCUT2D eigenvalue weighted by molar-refractivity contribution is 5.79. The lowest BCUT2D eigenvalue weighted by Crippen LogP contribution is -2.43. The van der Waals surface area contributed by atoms with Crippen molar-refractivity contribution in [2.45, 2.75) is 25.3 Å². The first kappa shape index (κ1) is 13.5. The van der Waals surface area contributed by atoms with Gasteiger partial charge in [0.05, 0.1) is 11.3 Å². The van der Waals surface area contributed by atoms with Gasteiger partial charge in [-0.2, -0.15) is 0 Å². The van der Waals surface area contributed by atoms with E-state index >= 15 is 0 Å². The molecule has 0 spiro atoms. The van der Waals surface area contributed by atoms with Gasteiger partial charge in [0.1, 0.15) is 0 Å². The molecule has 0 atom stereocenters. The zero-order valence-corrected chi connectivity index (χ0v) is 10.6. The van der Waals surface area contributed by atoms with Crippen molar-refractivity contribution in [3.63, 3.8) is 0 Å². The van der Waals surface area contributed by atoms with Crippen LogP contribution >= 0.6 is 0 Å². The van der Waals surface area contributed by atoms with E-state index in [1.807, 2.05) is 4.90 Å². The first-order valence-corrected chi connectivity index (χ1v) is 6.33. The van der Waals surface area contributed by atoms with Gasteiger partial charge < -0.3 is 10.6 Å². The van der Waals surface area contributed by atoms with Gasteiger partial charge in [-0.15, -0.1) is 0 Å². The standard InChI is InChI=1S/C13H17N3O3/c14-11-5-7-15(8-6-11)13(17)9-10-1-3-12(4-2-10)16(18)19/h1-4,11H,5-9,14H2. The highest BCUT2D eigenvalue weighted by Crippen LogP contribution is 2.14. The second-order valence-electron chi connectivity index (χ2n) is 4.82. The summed E-state index contributed by atoms with van der Waals surface area (Å²) in [6, 6.07) is 6.31. The summed E-state index contributed by atoms with van der Waals surface area (Å²) < 4.78 is 0. The first-order chi connectivity index (χ1) is 9.06. The van der Waals surface area contributed by atoms with Gasteiger partial charge in [-0.25, -0.2) is 0 Å². The SMILES string of the molecule is NC1CCN(C(=O)Cc2ccc([N+](=O)[O-])cc2)CC1. The molecule has 6 nitrogen and oxygen atoms in total. The number of nitrogens with two attached hydrogens (primary N) is 1. The van der Waals surface area contributed by atoms with Crippen molar-refractivity contribution in [1.82, 2.24) is 4.90 Å². The Balaban J connectivity index is 1.93. The molecule has 1 aliphatic rings. The maximum Gasteiger partial charge on any atom is 0.269 e. The second-order valence-corrected chi connectivity index (χ2v) is 4.82. The van der Waals surface area contributed by atoms with Gasteiger partial charge in [0.2, 0.25) is 5.91 Å². The van der Waals surface area contributed by atoms with Crippen LogP contribution < -0.4 is 5.73 Å². The Morgan fingerprint density at radius 1 is 1.32 bits per heavy atom. The lowest BCUT2D eigenvalue weighted by atomic mass is 10.0. The Morgan fingerprint density at radius 2 is 1.89 bits per heavy atom. The monoisotopic (exact) mass is 263 g/mol. The summed E-state index contributed by atoms with van der Waals surface area (Å²) in [5.41, 5.74) is 6.63. The highest BCUT2D eigenvalue weighted by Gasteiger charge is 2.20. The van der Waals surface area contributed by atoms with E-state index in [2.05, 4.69) is 0 Å². The third-order valence-corrected chi connectivity index (χ3v) is 3.39. The fourth-order valence-electron chi connectivity index (χ4n) is 2.17. The van der Waals surface area contributed by atoms with Crippen molar-refractivity contribution in [2.24, 2.45) is 5.73 Å². The van der Waals surface area contributed by atoms with Crippen LogP contribution in [-0.4, -0.2) is 34.9 Å². The first-order valence-electron chi connectivity index (χ1n) is 6.33. The number of carbonyl (C=O) groups is 1. The molecule has 102 valence electrons. The van der Waals surface area contributed by atoms with Crippen LogP contribution in [0.1, 0.15) is 18.4 Å². The fourth-order valence-corrected chi connectivity index (χ4v) is 2.17. The van der Waals surface area contributed by atoms with E-state index in [0.29, 0.717) is 13.1 Å². The Bertz CT molecular complexity index is 465. The molecule has 1 saturated heterocycles. The van der Waals surface area contributed by atoms with Gasteiger partial charge in [0.25, 0.3) is 5.69 Å². The number of amides is 1. The molecule has 1 amide bonds. The smallest absolute Gasteiger partial charge is 0.269 e. The summed E-state index contributed by atoms with van der Waals surface area (Å²) in [4.78, 5) is 23.9. The molecule has 1 aromatic carbocycles. The molecule has 0 aliphatic carbocycles. The maximum atomic E-state index is 12.0. The predicted molar refractivity (Wildman–Crippen MR) is 70.6 cm³/mol. The van der Waals surface area contributed by atoms with Crippen LogP contribution in [0.5, 0.6) is 0 Å². The van der Waals surface area contributed by atoms with Crippen molar-refractivity contribution >= 4 is 11.6 Å². The van der Waals surface area contributed by atoms with E-state index in [1.165, 1.54) is 12.1 Å². The normalized spacial score (nSPS) is 16.4. The summed E-state index contributed by atoms with van der Waals surface area (Å²) in [5.74, 6) is 0.0563. The van der Waals surface area contributed by atoms with Gasteiger partial charge in [0, 0.05) is 31.3 Å². The summed E-state index contributed by atoms with van der Waals surface area (Å²) in [5, 5.41) is 10.5. The molecule has 0 unspecified atom stereocenters. The highest BCUT2D eigenvalue weighted by atomic mass is 16.6. The number of carbonyl (C=O) groups excluding carboxylic acids is 1. The molecule has 0 saturated carbocycles. The van der Waals surface area contributed by atoms with E-state index in [0.717, 1.165) is 18.4 Å². The number of nitrogens with zero attached hydrogens (tertiary/aromatic N) is 2. The molecule has 2 N–H and O–H groups in total. The lowest BCUT2D eigenvalue weighted by molar-refractivity contribution is -0.384. The van der Waals surface area contributed by atoms with Crippen LogP contribution in [-0.2, 0) is 11.2 Å². The summed E-state index contributed by atoms with van der Waals surface area (Å²) in [6.07, 6.45) is 1.96. The molecule has 1 aliphatic heterocycles. The third kappa shape index (κ3) is 3.51. The molecule has 0 aromatic heterocycles. The molecule has 1 fully saturated rings. The van der Waals surface area contributed by atoms with Gasteiger partial charge in [0.15, 0.2) is 0 Å². The van der Waals surface area contributed by atoms with Crippen molar-refractivity contribution in [2.75, 3.05) is 13.1 Å². The van der Waals surface area contributed by atoms with Crippen LogP contribution in [0.15, 0.2) is 24.3 Å². The third-order valence-electron chi connectivity index (χ3n) is 3.39. The van der Waals surface area contributed by atoms with E-state index in [9.17, 15) is 14.9 Å². The number of nitro benzene ring substituents is 1. The Morgan fingerprint density at radius 3 is 2.42 bits per heavy atom. The summed E-state index contributed by atoms with van der Waals surface area (Å²) in [6.45, 7) is 1.40.